The highest BCUT2D eigenvalue weighted by Crippen LogP contribution is 2.19. The standard InChI is InChI=1S/C10H10N4S/c11-8-2-4-9(5-3-8)15-14-10-12-6-1-7-13-10/h1-7H,11H2,(H,12,13,14). The predicted molar refractivity (Wildman–Crippen MR) is 62.4 cm³/mol. The third kappa shape index (κ3) is 2.85. The molecule has 0 unspecified atom stereocenters. The molecule has 0 atom stereocenters. The number of hydrogen-bond acceptors (Lipinski definition) is 5. The second-order valence-corrected chi connectivity index (χ2v) is 3.73. The van der Waals surface area contributed by atoms with Crippen LogP contribution in [0.4, 0.5) is 11.6 Å². The van der Waals surface area contributed by atoms with Gasteiger partial charge < -0.3 is 5.73 Å². The van der Waals surface area contributed by atoms with Gasteiger partial charge in [-0.05, 0) is 42.3 Å². The van der Waals surface area contributed by atoms with E-state index in [1.165, 1.54) is 11.9 Å². The van der Waals surface area contributed by atoms with Gasteiger partial charge in [0.2, 0.25) is 5.95 Å². The summed E-state index contributed by atoms with van der Waals surface area (Å²) >= 11 is 1.45. The summed E-state index contributed by atoms with van der Waals surface area (Å²) in [5.41, 5.74) is 6.34. The number of nitrogens with one attached hydrogen (secondary N) is 1. The van der Waals surface area contributed by atoms with E-state index in [0.29, 0.717) is 5.95 Å². The van der Waals surface area contributed by atoms with E-state index in [1.54, 1.807) is 18.5 Å². The molecule has 0 aliphatic rings. The molecule has 2 rings (SSSR count). The zero-order valence-corrected chi connectivity index (χ0v) is 8.74. The lowest BCUT2D eigenvalue weighted by molar-refractivity contribution is 1.18. The average Bonchev–Trinajstić information content (AvgIpc) is 2.30. The lowest BCUT2D eigenvalue weighted by Crippen LogP contribution is -1.92. The first kappa shape index (κ1) is 9.79. The van der Waals surface area contributed by atoms with E-state index in [0.717, 1.165) is 10.6 Å². The van der Waals surface area contributed by atoms with Crippen LogP contribution in [0.25, 0.3) is 0 Å². The Morgan fingerprint density at radius 1 is 1.07 bits per heavy atom. The molecular weight excluding hydrogens is 208 g/mol. The Labute approximate surface area is 92.1 Å². The Morgan fingerprint density at radius 2 is 1.73 bits per heavy atom. The zero-order chi connectivity index (χ0) is 10.5. The summed E-state index contributed by atoms with van der Waals surface area (Å²) in [6.07, 6.45) is 3.39. The zero-order valence-electron chi connectivity index (χ0n) is 7.92. The number of nitrogens with two attached hydrogens (primary N) is 1. The van der Waals surface area contributed by atoms with Crippen LogP contribution >= 0.6 is 11.9 Å². The summed E-state index contributed by atoms with van der Waals surface area (Å²) in [5, 5.41) is 0. The van der Waals surface area contributed by atoms with Gasteiger partial charge >= 0.3 is 0 Å². The van der Waals surface area contributed by atoms with E-state index in [1.807, 2.05) is 24.3 Å². The molecule has 2 aromatic rings. The van der Waals surface area contributed by atoms with Gasteiger partial charge in [0.05, 0.1) is 0 Å². The molecule has 0 fully saturated rings. The molecule has 0 saturated heterocycles. The number of benzene rings is 1. The number of hydrogen-bond donors (Lipinski definition) is 2. The van der Waals surface area contributed by atoms with Crippen LogP contribution in [-0.2, 0) is 0 Å². The van der Waals surface area contributed by atoms with Gasteiger partial charge in [0.1, 0.15) is 0 Å². The molecule has 0 amide bonds. The maximum Gasteiger partial charge on any atom is 0.233 e. The minimum atomic E-state index is 0.597. The fraction of sp³-hybridized carbons (Fsp3) is 0. The molecule has 1 heterocycles. The molecule has 0 aliphatic heterocycles. The van der Waals surface area contributed by atoms with Gasteiger partial charge in [-0.1, -0.05) is 0 Å². The third-order valence-corrected chi connectivity index (χ3v) is 2.50. The van der Waals surface area contributed by atoms with Gasteiger partial charge in [-0.3, -0.25) is 4.72 Å². The molecule has 15 heavy (non-hydrogen) atoms. The van der Waals surface area contributed by atoms with E-state index < -0.39 is 0 Å². The highest BCUT2D eigenvalue weighted by molar-refractivity contribution is 8.00. The quantitative estimate of drug-likeness (QED) is 0.610. The largest absolute Gasteiger partial charge is 0.399 e. The van der Waals surface area contributed by atoms with Gasteiger partial charge in [0.25, 0.3) is 0 Å². The second kappa shape index (κ2) is 4.65. The first-order chi connectivity index (χ1) is 7.34. The number of rotatable bonds is 3. The van der Waals surface area contributed by atoms with Gasteiger partial charge in [-0.15, -0.1) is 0 Å². The van der Waals surface area contributed by atoms with Crippen molar-refractivity contribution in [2.75, 3.05) is 10.5 Å². The topological polar surface area (TPSA) is 63.8 Å². The molecule has 0 bridgehead atoms. The first-order valence-corrected chi connectivity index (χ1v) is 5.22. The summed E-state index contributed by atoms with van der Waals surface area (Å²) in [7, 11) is 0. The van der Waals surface area contributed by atoms with Crippen LogP contribution in [0.2, 0.25) is 0 Å². The second-order valence-electron chi connectivity index (χ2n) is 2.85. The highest BCUT2D eigenvalue weighted by atomic mass is 32.2. The third-order valence-electron chi connectivity index (χ3n) is 1.71. The van der Waals surface area contributed by atoms with Crippen molar-refractivity contribution in [3.63, 3.8) is 0 Å². The molecule has 0 spiro atoms. The first-order valence-electron chi connectivity index (χ1n) is 4.40. The summed E-state index contributed by atoms with van der Waals surface area (Å²) in [6.45, 7) is 0. The SMILES string of the molecule is Nc1ccc(SNc2ncccn2)cc1. The van der Waals surface area contributed by atoms with Crippen molar-refractivity contribution in [3.05, 3.63) is 42.7 Å². The monoisotopic (exact) mass is 218 g/mol. The molecule has 5 heteroatoms. The summed E-state index contributed by atoms with van der Waals surface area (Å²) in [5.74, 6) is 0.597. The summed E-state index contributed by atoms with van der Waals surface area (Å²) < 4.78 is 3.03. The Morgan fingerprint density at radius 3 is 2.40 bits per heavy atom. The van der Waals surface area contributed by atoms with Crippen LogP contribution in [0.1, 0.15) is 0 Å². The minimum absolute atomic E-state index is 0.597. The number of nitrogen functional groups attached to an aromatic ring is 1. The molecule has 3 N–H and O–H groups in total. The van der Waals surface area contributed by atoms with E-state index in [9.17, 15) is 0 Å². The molecule has 1 aromatic heterocycles. The van der Waals surface area contributed by atoms with Crippen molar-refractivity contribution in [2.45, 2.75) is 4.90 Å². The van der Waals surface area contributed by atoms with Crippen molar-refractivity contribution < 1.29 is 0 Å². The average molecular weight is 218 g/mol. The van der Waals surface area contributed by atoms with E-state index >= 15 is 0 Å². The van der Waals surface area contributed by atoms with Crippen LogP contribution in [0.3, 0.4) is 0 Å². The van der Waals surface area contributed by atoms with Crippen LogP contribution in [0.15, 0.2) is 47.6 Å². The predicted octanol–water partition coefficient (Wildman–Crippen LogP) is 2.18. The fourth-order valence-electron chi connectivity index (χ4n) is 0.992. The van der Waals surface area contributed by atoms with Crippen molar-refractivity contribution in [2.24, 2.45) is 0 Å². The van der Waals surface area contributed by atoms with Crippen LogP contribution in [-0.4, -0.2) is 9.97 Å². The lowest BCUT2D eigenvalue weighted by Gasteiger charge is -2.02. The van der Waals surface area contributed by atoms with E-state index in [4.69, 9.17) is 5.73 Å². The van der Waals surface area contributed by atoms with E-state index in [-0.39, 0.29) is 0 Å². The van der Waals surface area contributed by atoms with Crippen molar-refractivity contribution in [1.82, 2.24) is 9.97 Å². The van der Waals surface area contributed by atoms with Crippen molar-refractivity contribution >= 4 is 23.6 Å². The molecule has 1 aromatic carbocycles. The Kier molecular flexibility index (Phi) is 3.04. The Balaban J connectivity index is 1.96. The maximum absolute atomic E-state index is 5.58. The molecule has 0 radical (unpaired) electrons. The number of aromatic nitrogens is 2. The highest BCUT2D eigenvalue weighted by Gasteiger charge is 1.95. The van der Waals surface area contributed by atoms with Gasteiger partial charge in [-0.2, -0.15) is 0 Å². The van der Waals surface area contributed by atoms with Gasteiger partial charge in [-0.25, -0.2) is 9.97 Å². The van der Waals surface area contributed by atoms with Crippen molar-refractivity contribution in [3.8, 4) is 0 Å². The van der Waals surface area contributed by atoms with Gasteiger partial charge in [0.15, 0.2) is 0 Å². The van der Waals surface area contributed by atoms with Crippen LogP contribution in [0, 0.1) is 0 Å². The molecular formula is C10H10N4S. The Hall–Kier alpha value is -1.75. The smallest absolute Gasteiger partial charge is 0.233 e. The normalized spacial score (nSPS) is 9.87. The van der Waals surface area contributed by atoms with Crippen molar-refractivity contribution in [1.29, 1.82) is 0 Å². The summed E-state index contributed by atoms with van der Waals surface area (Å²) in [4.78, 5) is 9.15. The number of nitrogens with zero attached hydrogens (tertiary/aromatic N) is 2. The molecule has 76 valence electrons. The summed E-state index contributed by atoms with van der Waals surface area (Å²) in [6, 6.07) is 9.37. The molecule has 4 nitrogen and oxygen atoms in total. The minimum Gasteiger partial charge on any atom is -0.399 e. The Bertz CT molecular complexity index is 415. The van der Waals surface area contributed by atoms with E-state index in [2.05, 4.69) is 14.7 Å². The van der Waals surface area contributed by atoms with Crippen LogP contribution in [0.5, 0.6) is 0 Å². The maximum atomic E-state index is 5.58. The number of anilines is 2. The molecule has 0 saturated carbocycles. The van der Waals surface area contributed by atoms with Crippen LogP contribution < -0.4 is 10.5 Å². The van der Waals surface area contributed by atoms with Gasteiger partial charge in [0, 0.05) is 23.0 Å². The molecule has 0 aliphatic carbocycles. The lowest BCUT2D eigenvalue weighted by atomic mass is 10.3. The fourth-order valence-corrected chi connectivity index (χ4v) is 1.58.